The number of benzene rings is 1. The fraction of sp³-hybridized carbons (Fsp3) is 0.600. The second-order valence-corrected chi connectivity index (χ2v) is 7.84. The first-order chi connectivity index (χ1) is 13.1. The van der Waals surface area contributed by atoms with Crippen LogP contribution in [0.4, 0.5) is 13.2 Å². The second-order valence-electron chi connectivity index (χ2n) is 7.84. The summed E-state index contributed by atoms with van der Waals surface area (Å²) in [4.78, 5) is 18.6. The van der Waals surface area contributed by atoms with Gasteiger partial charge in [0, 0.05) is 7.05 Å². The number of halogens is 3. The molecule has 1 aliphatic heterocycles. The summed E-state index contributed by atoms with van der Waals surface area (Å²) in [6.45, 7) is 1.54. The van der Waals surface area contributed by atoms with Gasteiger partial charge in [0.05, 0.1) is 5.56 Å². The molecule has 2 aliphatic rings. The van der Waals surface area contributed by atoms with E-state index in [1.807, 2.05) is 0 Å². The zero-order chi connectivity index (χ0) is 20.5. The fourth-order valence-corrected chi connectivity index (χ4v) is 4.04. The lowest BCUT2D eigenvalue weighted by molar-refractivity contribution is -0.138. The number of hydrogen-bond acceptors (Lipinski definition) is 4. The first-order valence-corrected chi connectivity index (χ1v) is 9.56. The number of likely N-dealkylation sites (N-methyl/N-ethyl adjacent to an activating group) is 1. The SMILES string of the molecule is Cc1ccc(C(F)(F)F)cc1OCC1(CC2CCCCC2)N=C(N)N(C)C1=O. The summed E-state index contributed by atoms with van der Waals surface area (Å²) in [5, 5.41) is 0. The van der Waals surface area contributed by atoms with E-state index in [9.17, 15) is 18.0 Å². The van der Waals surface area contributed by atoms with Crippen LogP contribution in [0.3, 0.4) is 0 Å². The van der Waals surface area contributed by atoms with Crippen LogP contribution in [0.1, 0.15) is 49.7 Å². The number of aryl methyl sites for hydroxylation is 1. The van der Waals surface area contributed by atoms with Crippen molar-refractivity contribution in [1.82, 2.24) is 4.90 Å². The molecule has 0 aromatic heterocycles. The monoisotopic (exact) mass is 397 g/mol. The number of nitrogens with two attached hydrogens (primary N) is 1. The molecule has 2 N–H and O–H groups in total. The Kier molecular flexibility index (Phi) is 5.59. The highest BCUT2D eigenvalue weighted by molar-refractivity contribution is 6.06. The van der Waals surface area contributed by atoms with Gasteiger partial charge in [-0.3, -0.25) is 9.69 Å². The fourth-order valence-electron chi connectivity index (χ4n) is 4.04. The molecule has 1 aromatic rings. The molecule has 1 aromatic carbocycles. The van der Waals surface area contributed by atoms with Gasteiger partial charge in [0.1, 0.15) is 12.4 Å². The van der Waals surface area contributed by atoms with Gasteiger partial charge in [-0.2, -0.15) is 13.2 Å². The van der Waals surface area contributed by atoms with E-state index >= 15 is 0 Å². The Morgan fingerprint density at radius 1 is 1.29 bits per heavy atom. The molecule has 1 unspecified atom stereocenters. The summed E-state index contributed by atoms with van der Waals surface area (Å²) in [7, 11) is 1.55. The van der Waals surface area contributed by atoms with Gasteiger partial charge in [-0.05, 0) is 37.0 Å². The smallest absolute Gasteiger partial charge is 0.416 e. The van der Waals surface area contributed by atoms with Crippen molar-refractivity contribution in [2.45, 2.75) is 57.2 Å². The molecule has 0 radical (unpaired) electrons. The number of rotatable bonds is 5. The third-order valence-corrected chi connectivity index (χ3v) is 5.71. The van der Waals surface area contributed by atoms with Gasteiger partial charge in [-0.1, -0.05) is 38.2 Å². The minimum atomic E-state index is -4.46. The molecule has 1 heterocycles. The van der Waals surface area contributed by atoms with E-state index in [-0.39, 0.29) is 24.2 Å². The lowest BCUT2D eigenvalue weighted by atomic mass is 9.79. The Balaban J connectivity index is 1.84. The lowest BCUT2D eigenvalue weighted by Crippen LogP contribution is -2.47. The van der Waals surface area contributed by atoms with Gasteiger partial charge in [-0.25, -0.2) is 4.99 Å². The van der Waals surface area contributed by atoms with Crippen LogP contribution in [0, 0.1) is 12.8 Å². The van der Waals surface area contributed by atoms with Crippen LogP contribution in [0.5, 0.6) is 5.75 Å². The third-order valence-electron chi connectivity index (χ3n) is 5.71. The quantitative estimate of drug-likeness (QED) is 0.820. The topological polar surface area (TPSA) is 67.9 Å². The molecule has 1 atom stereocenters. The van der Waals surface area contributed by atoms with E-state index < -0.39 is 17.3 Å². The molecule has 5 nitrogen and oxygen atoms in total. The van der Waals surface area contributed by atoms with Crippen molar-refractivity contribution >= 4 is 11.9 Å². The number of hydrogen-bond donors (Lipinski definition) is 1. The van der Waals surface area contributed by atoms with Gasteiger partial charge >= 0.3 is 6.18 Å². The standard InChI is InChI=1S/C20H26F3N3O2/c1-13-8-9-15(20(21,22)23)10-16(13)28-12-19(11-14-6-4-3-5-7-14)17(27)26(2)18(24)25-19/h8-10,14H,3-7,11-12H2,1-2H3,(H2,24,25). The summed E-state index contributed by atoms with van der Waals surface area (Å²) in [5.74, 6) is 0.284. The molecule has 0 bridgehead atoms. The predicted octanol–water partition coefficient (Wildman–Crippen LogP) is 3.89. The van der Waals surface area contributed by atoms with Crippen LogP contribution < -0.4 is 10.5 Å². The number of nitrogens with zero attached hydrogens (tertiary/aromatic N) is 2. The Hall–Kier alpha value is -2.25. The third kappa shape index (κ3) is 4.10. The summed E-state index contributed by atoms with van der Waals surface area (Å²) in [6.07, 6.45) is 1.46. The van der Waals surface area contributed by atoms with Gasteiger partial charge in [0.2, 0.25) is 0 Å². The number of carbonyl (C=O) groups excluding carboxylic acids is 1. The molecule has 1 saturated carbocycles. The van der Waals surface area contributed by atoms with E-state index in [1.54, 1.807) is 14.0 Å². The minimum Gasteiger partial charge on any atom is -0.490 e. The number of ether oxygens (including phenoxy) is 1. The number of alkyl halides is 3. The van der Waals surface area contributed by atoms with Crippen molar-refractivity contribution in [3.63, 3.8) is 0 Å². The summed E-state index contributed by atoms with van der Waals surface area (Å²) in [6, 6.07) is 3.36. The Morgan fingerprint density at radius 3 is 2.54 bits per heavy atom. The zero-order valence-electron chi connectivity index (χ0n) is 16.2. The predicted molar refractivity (Wildman–Crippen MR) is 100.0 cm³/mol. The molecule has 28 heavy (non-hydrogen) atoms. The summed E-state index contributed by atoms with van der Waals surface area (Å²) in [5.41, 5.74) is 4.48. The average Bonchev–Trinajstić information content (AvgIpc) is 2.85. The van der Waals surface area contributed by atoms with Crippen molar-refractivity contribution in [2.24, 2.45) is 16.6 Å². The molecule has 0 spiro atoms. The Bertz CT molecular complexity index is 772. The van der Waals surface area contributed by atoms with Gasteiger partial charge in [-0.15, -0.1) is 0 Å². The molecule has 1 amide bonds. The molecule has 154 valence electrons. The molecular formula is C20H26F3N3O2. The largest absolute Gasteiger partial charge is 0.490 e. The zero-order valence-corrected chi connectivity index (χ0v) is 16.2. The van der Waals surface area contributed by atoms with Gasteiger partial charge < -0.3 is 10.5 Å². The van der Waals surface area contributed by atoms with E-state index in [4.69, 9.17) is 10.5 Å². The summed E-state index contributed by atoms with van der Waals surface area (Å²) < 4.78 is 44.9. The normalized spacial score (nSPS) is 23.8. The second kappa shape index (κ2) is 7.64. The van der Waals surface area contributed by atoms with Crippen molar-refractivity contribution in [1.29, 1.82) is 0 Å². The number of amides is 1. The highest BCUT2D eigenvalue weighted by Gasteiger charge is 2.48. The van der Waals surface area contributed by atoms with E-state index in [1.165, 1.54) is 17.4 Å². The maximum Gasteiger partial charge on any atom is 0.416 e. The average molecular weight is 397 g/mol. The van der Waals surface area contributed by atoms with E-state index in [2.05, 4.69) is 4.99 Å². The van der Waals surface area contributed by atoms with Crippen LogP contribution in [0.2, 0.25) is 0 Å². The molecule has 1 fully saturated rings. The first-order valence-electron chi connectivity index (χ1n) is 9.56. The van der Waals surface area contributed by atoms with Gasteiger partial charge in [0.25, 0.3) is 5.91 Å². The minimum absolute atomic E-state index is 0.106. The summed E-state index contributed by atoms with van der Waals surface area (Å²) >= 11 is 0. The lowest BCUT2D eigenvalue weighted by Gasteiger charge is -2.31. The molecule has 3 rings (SSSR count). The van der Waals surface area contributed by atoms with Crippen LogP contribution in [-0.2, 0) is 11.0 Å². The highest BCUT2D eigenvalue weighted by Crippen LogP contribution is 2.37. The van der Waals surface area contributed by atoms with E-state index in [0.717, 1.165) is 37.8 Å². The maximum atomic E-state index is 13.0. The van der Waals surface area contributed by atoms with E-state index in [0.29, 0.717) is 17.9 Å². The van der Waals surface area contributed by atoms with Crippen molar-refractivity contribution in [3.8, 4) is 5.75 Å². The number of guanidine groups is 1. The molecule has 8 heteroatoms. The molecular weight excluding hydrogens is 371 g/mol. The molecule has 0 saturated heterocycles. The first kappa shape index (κ1) is 20.5. The number of carbonyl (C=O) groups is 1. The van der Waals surface area contributed by atoms with Crippen molar-refractivity contribution in [3.05, 3.63) is 29.3 Å². The van der Waals surface area contributed by atoms with Crippen LogP contribution in [0.25, 0.3) is 0 Å². The van der Waals surface area contributed by atoms with Crippen molar-refractivity contribution < 1.29 is 22.7 Å². The number of aliphatic imine (C=N–C) groups is 1. The Labute approximate surface area is 162 Å². The van der Waals surface area contributed by atoms with Crippen LogP contribution in [0.15, 0.2) is 23.2 Å². The van der Waals surface area contributed by atoms with Crippen LogP contribution >= 0.6 is 0 Å². The highest BCUT2D eigenvalue weighted by atomic mass is 19.4. The molecule has 1 aliphatic carbocycles. The van der Waals surface area contributed by atoms with Crippen molar-refractivity contribution in [2.75, 3.05) is 13.7 Å². The van der Waals surface area contributed by atoms with Gasteiger partial charge in [0.15, 0.2) is 11.5 Å². The Morgan fingerprint density at radius 2 is 1.96 bits per heavy atom. The maximum absolute atomic E-state index is 13.0. The van der Waals surface area contributed by atoms with Crippen LogP contribution in [-0.4, -0.2) is 36.0 Å².